The molecule has 4 nitrogen and oxygen atoms in total. The molecule has 1 saturated carbocycles. The van der Waals surface area contributed by atoms with Crippen LogP contribution in [-0.2, 0) is 17.7 Å². The maximum atomic E-state index is 11.9. The molecule has 116 valence electrons. The topological polar surface area (TPSA) is 44.1 Å². The molecule has 0 aliphatic heterocycles. The summed E-state index contributed by atoms with van der Waals surface area (Å²) in [5, 5.41) is 0. The fourth-order valence-corrected chi connectivity index (χ4v) is 2.49. The van der Waals surface area contributed by atoms with Gasteiger partial charge in [0, 0.05) is 25.3 Å². The van der Waals surface area contributed by atoms with Crippen molar-refractivity contribution in [2.75, 3.05) is 13.2 Å². The van der Waals surface area contributed by atoms with Crippen molar-refractivity contribution in [3.63, 3.8) is 0 Å². The van der Waals surface area contributed by atoms with Gasteiger partial charge in [0.25, 0.3) is 0 Å². The normalized spacial score (nSPS) is 14.2. The maximum absolute atomic E-state index is 11.9. The molecule has 0 bridgehead atoms. The molecule has 1 aliphatic carbocycles. The lowest BCUT2D eigenvalue weighted by Gasteiger charge is -2.07. The SMILES string of the molecule is O=c1nc(C2CC2)ccn1CCCOCCc1ccccc1. The van der Waals surface area contributed by atoms with E-state index in [0.717, 1.165) is 25.1 Å². The van der Waals surface area contributed by atoms with Crippen LogP contribution >= 0.6 is 0 Å². The molecule has 0 atom stereocenters. The van der Waals surface area contributed by atoms with Gasteiger partial charge in [0.15, 0.2) is 0 Å². The van der Waals surface area contributed by atoms with Crippen molar-refractivity contribution in [2.45, 2.75) is 38.1 Å². The van der Waals surface area contributed by atoms with Crippen LogP contribution in [0.4, 0.5) is 0 Å². The summed E-state index contributed by atoms with van der Waals surface area (Å²) in [4.78, 5) is 16.0. The van der Waals surface area contributed by atoms with E-state index in [-0.39, 0.29) is 5.69 Å². The Morgan fingerprint density at radius 1 is 1.14 bits per heavy atom. The number of hydrogen-bond acceptors (Lipinski definition) is 3. The Bertz CT molecular complexity index is 648. The Labute approximate surface area is 130 Å². The van der Waals surface area contributed by atoms with Gasteiger partial charge >= 0.3 is 5.69 Å². The highest BCUT2D eigenvalue weighted by atomic mass is 16.5. The van der Waals surface area contributed by atoms with Gasteiger partial charge in [-0.3, -0.25) is 4.57 Å². The van der Waals surface area contributed by atoms with Crippen LogP contribution in [0.2, 0.25) is 0 Å². The third kappa shape index (κ3) is 4.28. The van der Waals surface area contributed by atoms with Crippen LogP contribution in [0.1, 0.15) is 36.4 Å². The molecular formula is C18H22N2O2. The molecular weight excluding hydrogens is 276 g/mol. The van der Waals surface area contributed by atoms with E-state index in [2.05, 4.69) is 17.1 Å². The van der Waals surface area contributed by atoms with E-state index in [9.17, 15) is 4.79 Å². The van der Waals surface area contributed by atoms with Crippen molar-refractivity contribution in [1.82, 2.24) is 9.55 Å². The van der Waals surface area contributed by atoms with Gasteiger partial charge in [-0.15, -0.1) is 0 Å². The number of hydrogen-bond donors (Lipinski definition) is 0. The van der Waals surface area contributed by atoms with E-state index >= 15 is 0 Å². The first kappa shape index (κ1) is 15.0. The van der Waals surface area contributed by atoms with E-state index in [1.807, 2.05) is 30.5 Å². The molecule has 22 heavy (non-hydrogen) atoms. The van der Waals surface area contributed by atoms with Gasteiger partial charge in [-0.05, 0) is 37.3 Å². The smallest absolute Gasteiger partial charge is 0.347 e. The molecule has 4 heteroatoms. The fraction of sp³-hybridized carbons (Fsp3) is 0.444. The van der Waals surface area contributed by atoms with E-state index in [1.54, 1.807) is 4.57 Å². The predicted octanol–water partition coefficient (Wildman–Crippen LogP) is 2.77. The third-order valence-electron chi connectivity index (χ3n) is 3.96. The zero-order valence-electron chi connectivity index (χ0n) is 12.8. The molecule has 1 heterocycles. The van der Waals surface area contributed by atoms with Crippen LogP contribution in [0, 0.1) is 0 Å². The monoisotopic (exact) mass is 298 g/mol. The minimum atomic E-state index is -0.131. The highest BCUT2D eigenvalue weighted by Crippen LogP contribution is 2.38. The molecule has 1 aromatic heterocycles. The zero-order chi connectivity index (χ0) is 15.2. The molecule has 0 spiro atoms. The number of rotatable bonds is 8. The van der Waals surface area contributed by atoms with Crippen LogP contribution in [0.25, 0.3) is 0 Å². The van der Waals surface area contributed by atoms with Gasteiger partial charge in [-0.2, -0.15) is 4.98 Å². The second-order valence-electron chi connectivity index (χ2n) is 5.80. The number of ether oxygens (including phenoxy) is 1. The first-order valence-corrected chi connectivity index (χ1v) is 8.02. The summed E-state index contributed by atoms with van der Waals surface area (Å²) in [5.74, 6) is 0.531. The molecule has 2 aromatic rings. The average Bonchev–Trinajstić information content (AvgIpc) is 3.38. The summed E-state index contributed by atoms with van der Waals surface area (Å²) in [6.07, 6.45) is 5.97. The van der Waals surface area contributed by atoms with Crippen molar-refractivity contribution >= 4 is 0 Å². The minimum Gasteiger partial charge on any atom is -0.381 e. The number of benzene rings is 1. The molecule has 0 N–H and O–H groups in total. The summed E-state index contributed by atoms with van der Waals surface area (Å²) >= 11 is 0. The lowest BCUT2D eigenvalue weighted by molar-refractivity contribution is 0.131. The fourth-order valence-electron chi connectivity index (χ4n) is 2.49. The van der Waals surface area contributed by atoms with Crippen molar-refractivity contribution < 1.29 is 4.74 Å². The second-order valence-corrected chi connectivity index (χ2v) is 5.80. The van der Waals surface area contributed by atoms with Crippen molar-refractivity contribution in [3.8, 4) is 0 Å². The van der Waals surface area contributed by atoms with E-state index in [0.29, 0.717) is 19.1 Å². The van der Waals surface area contributed by atoms with Crippen LogP contribution in [0.5, 0.6) is 0 Å². The van der Waals surface area contributed by atoms with Crippen molar-refractivity contribution in [2.24, 2.45) is 0 Å². The van der Waals surface area contributed by atoms with Crippen LogP contribution in [0.15, 0.2) is 47.4 Å². The summed E-state index contributed by atoms with van der Waals surface area (Å²) in [5.41, 5.74) is 2.12. The van der Waals surface area contributed by atoms with E-state index < -0.39 is 0 Å². The van der Waals surface area contributed by atoms with Gasteiger partial charge < -0.3 is 4.74 Å². The summed E-state index contributed by atoms with van der Waals surface area (Å²) in [7, 11) is 0. The highest BCUT2D eigenvalue weighted by molar-refractivity contribution is 5.14. The summed E-state index contributed by atoms with van der Waals surface area (Å²) in [6.45, 7) is 2.06. The standard InChI is InChI=1S/C18H22N2O2/c21-18-19-17(16-7-8-16)9-12-20(18)11-4-13-22-14-10-15-5-2-1-3-6-15/h1-3,5-6,9,12,16H,4,7-8,10-11,13-14H2. The molecule has 3 rings (SSSR count). The van der Waals surface area contributed by atoms with Crippen LogP contribution < -0.4 is 5.69 Å². The van der Waals surface area contributed by atoms with Gasteiger partial charge in [-0.1, -0.05) is 30.3 Å². The number of aryl methyl sites for hydroxylation is 1. The first-order chi connectivity index (χ1) is 10.8. The summed E-state index contributed by atoms with van der Waals surface area (Å²) in [6, 6.07) is 12.3. The predicted molar refractivity (Wildman–Crippen MR) is 86.1 cm³/mol. The largest absolute Gasteiger partial charge is 0.381 e. The number of aromatic nitrogens is 2. The minimum absolute atomic E-state index is 0.131. The third-order valence-corrected chi connectivity index (χ3v) is 3.96. The highest BCUT2D eigenvalue weighted by Gasteiger charge is 2.25. The van der Waals surface area contributed by atoms with Gasteiger partial charge in [-0.25, -0.2) is 4.79 Å². The summed E-state index contributed by atoms with van der Waals surface area (Å²) < 4.78 is 7.31. The van der Waals surface area contributed by atoms with Crippen molar-refractivity contribution in [1.29, 1.82) is 0 Å². The van der Waals surface area contributed by atoms with E-state index in [4.69, 9.17) is 4.74 Å². The quantitative estimate of drug-likeness (QED) is 0.704. The Morgan fingerprint density at radius 2 is 1.95 bits per heavy atom. The Hall–Kier alpha value is -1.94. The Morgan fingerprint density at radius 3 is 2.68 bits per heavy atom. The first-order valence-electron chi connectivity index (χ1n) is 8.02. The molecule has 1 aromatic carbocycles. The second kappa shape index (κ2) is 7.36. The lowest BCUT2D eigenvalue weighted by atomic mass is 10.2. The molecule has 0 radical (unpaired) electrons. The molecule has 0 amide bonds. The Balaban J connectivity index is 1.35. The van der Waals surface area contributed by atoms with Gasteiger partial charge in [0.2, 0.25) is 0 Å². The Kier molecular flexibility index (Phi) is 5.01. The maximum Gasteiger partial charge on any atom is 0.347 e. The molecule has 1 fully saturated rings. The number of nitrogens with zero attached hydrogens (tertiary/aromatic N) is 2. The molecule has 0 saturated heterocycles. The van der Waals surface area contributed by atoms with Gasteiger partial charge in [0.1, 0.15) is 0 Å². The average molecular weight is 298 g/mol. The van der Waals surface area contributed by atoms with E-state index in [1.165, 1.54) is 18.4 Å². The van der Waals surface area contributed by atoms with Crippen LogP contribution in [0.3, 0.4) is 0 Å². The zero-order valence-corrected chi connectivity index (χ0v) is 12.8. The van der Waals surface area contributed by atoms with Crippen LogP contribution in [-0.4, -0.2) is 22.8 Å². The van der Waals surface area contributed by atoms with Gasteiger partial charge in [0.05, 0.1) is 12.3 Å². The molecule has 0 unspecified atom stereocenters. The lowest BCUT2D eigenvalue weighted by Crippen LogP contribution is -2.24. The molecule has 1 aliphatic rings. The van der Waals surface area contributed by atoms with Crippen molar-refractivity contribution in [3.05, 3.63) is 64.3 Å².